The van der Waals surface area contributed by atoms with E-state index < -0.39 is 5.97 Å². The number of para-hydroxylation sites is 1. The Kier molecular flexibility index (Phi) is 7.60. The molecule has 0 spiro atoms. The van der Waals surface area contributed by atoms with Crippen molar-refractivity contribution in [1.29, 1.82) is 0 Å². The van der Waals surface area contributed by atoms with Gasteiger partial charge in [0.15, 0.2) is 11.5 Å². The number of oxazole rings is 1. The van der Waals surface area contributed by atoms with Crippen LogP contribution >= 0.6 is 0 Å². The maximum Gasteiger partial charge on any atom is 0.335 e. The van der Waals surface area contributed by atoms with E-state index in [-0.39, 0.29) is 12.2 Å². The number of aromatic nitrogens is 2. The lowest BCUT2D eigenvalue weighted by Gasteiger charge is -2.13. The third kappa shape index (κ3) is 5.52. The van der Waals surface area contributed by atoms with Crippen molar-refractivity contribution < 1.29 is 28.5 Å². The van der Waals surface area contributed by atoms with Crippen LogP contribution in [0.4, 0.5) is 0 Å². The van der Waals surface area contributed by atoms with E-state index in [0.29, 0.717) is 41.2 Å². The second-order valence-corrected chi connectivity index (χ2v) is 10.8. The minimum Gasteiger partial charge on any atom is -0.493 e. The number of carboxylic acid groups (broad SMARTS) is 1. The molecule has 1 N–H and O–H groups in total. The van der Waals surface area contributed by atoms with Crippen LogP contribution in [0.5, 0.6) is 23.0 Å². The van der Waals surface area contributed by atoms with Crippen LogP contribution in [-0.2, 0) is 13.2 Å². The zero-order valence-electron chi connectivity index (χ0n) is 25.3. The van der Waals surface area contributed by atoms with Crippen molar-refractivity contribution in [3.05, 3.63) is 138 Å². The molecule has 0 amide bonds. The Labute approximate surface area is 265 Å². The first kappa shape index (κ1) is 28.7. The molecule has 0 aliphatic rings. The molecule has 0 radical (unpaired) electrons. The molecule has 46 heavy (non-hydrogen) atoms. The second kappa shape index (κ2) is 12.2. The summed E-state index contributed by atoms with van der Waals surface area (Å²) in [4.78, 5) is 15.9. The Morgan fingerprint density at radius 3 is 2.37 bits per heavy atom. The fraction of sp³-hybridized carbons (Fsp3) is 0.105. The number of fused-ring (bicyclic) bond motifs is 3. The Bertz CT molecular complexity index is 2180. The largest absolute Gasteiger partial charge is 0.493 e. The lowest BCUT2D eigenvalue weighted by molar-refractivity contribution is 0.0697. The third-order valence-electron chi connectivity index (χ3n) is 7.93. The first-order valence-electron chi connectivity index (χ1n) is 14.8. The normalized spacial score (nSPS) is 11.2. The van der Waals surface area contributed by atoms with Crippen LogP contribution in [0.1, 0.15) is 27.4 Å². The molecule has 7 aromatic rings. The van der Waals surface area contributed by atoms with E-state index in [1.54, 1.807) is 19.2 Å². The van der Waals surface area contributed by atoms with E-state index in [1.165, 1.54) is 12.1 Å². The van der Waals surface area contributed by atoms with Gasteiger partial charge in [-0.3, -0.25) is 0 Å². The summed E-state index contributed by atoms with van der Waals surface area (Å²) in [5, 5.41) is 11.3. The third-order valence-corrected chi connectivity index (χ3v) is 7.93. The molecular formula is C38H30N2O6. The molecule has 0 unspecified atom stereocenters. The molecule has 8 heteroatoms. The highest BCUT2D eigenvalue weighted by molar-refractivity contribution is 6.11. The number of carboxylic acids is 1. The number of benzene rings is 5. The first-order chi connectivity index (χ1) is 22.5. The summed E-state index contributed by atoms with van der Waals surface area (Å²) >= 11 is 0. The lowest BCUT2D eigenvalue weighted by atomic mass is 10.1. The Hall–Kier alpha value is -6.02. The van der Waals surface area contributed by atoms with E-state index in [9.17, 15) is 9.90 Å². The molecule has 2 aromatic heterocycles. The number of aromatic carboxylic acids is 1. The fourth-order valence-corrected chi connectivity index (χ4v) is 5.64. The fourth-order valence-electron chi connectivity index (χ4n) is 5.64. The van der Waals surface area contributed by atoms with Crippen LogP contribution in [0.15, 0.2) is 120 Å². The van der Waals surface area contributed by atoms with Crippen LogP contribution in [0.25, 0.3) is 33.3 Å². The summed E-state index contributed by atoms with van der Waals surface area (Å²) in [5.74, 6) is 2.78. The summed E-state index contributed by atoms with van der Waals surface area (Å²) in [7, 11) is 1.63. The van der Waals surface area contributed by atoms with Gasteiger partial charge in [0, 0.05) is 23.0 Å². The molecule has 0 aliphatic carbocycles. The van der Waals surface area contributed by atoms with Gasteiger partial charge in [-0.05, 0) is 79.2 Å². The van der Waals surface area contributed by atoms with Crippen molar-refractivity contribution in [3.63, 3.8) is 0 Å². The molecule has 5 aromatic carbocycles. The minimum absolute atomic E-state index is 0.208. The Balaban J connectivity index is 1.16. The minimum atomic E-state index is -0.976. The van der Waals surface area contributed by atoms with Gasteiger partial charge in [-0.2, -0.15) is 0 Å². The molecule has 0 atom stereocenters. The summed E-state index contributed by atoms with van der Waals surface area (Å²) < 4.78 is 26.4. The highest BCUT2D eigenvalue weighted by atomic mass is 16.5. The summed E-state index contributed by atoms with van der Waals surface area (Å²) in [6.45, 7) is 2.71. The number of aryl methyl sites for hydroxylation is 1. The van der Waals surface area contributed by atoms with Crippen LogP contribution in [0.2, 0.25) is 0 Å². The van der Waals surface area contributed by atoms with Gasteiger partial charge in [0.1, 0.15) is 29.6 Å². The Morgan fingerprint density at radius 1 is 0.826 bits per heavy atom. The number of methoxy groups -OCH3 is 1. The highest BCUT2D eigenvalue weighted by Crippen LogP contribution is 2.39. The smallest absolute Gasteiger partial charge is 0.335 e. The standard InChI is InChI=1S/C38H30N2O6/c1-24-30(39-37(45-24)26-9-4-3-5-10-26)23-44-33-20-15-25(21-35(33)43-2)22-40-31-12-7-6-11-29(31)36-32(40)13-8-14-34(36)46-28-18-16-27(17-19-28)38(41)42/h3-21H,22-23H2,1-2H3,(H,41,42). The van der Waals surface area contributed by atoms with Gasteiger partial charge >= 0.3 is 5.97 Å². The van der Waals surface area contributed by atoms with Gasteiger partial charge in [0.05, 0.1) is 23.6 Å². The zero-order valence-corrected chi connectivity index (χ0v) is 25.3. The SMILES string of the molecule is COc1cc(Cn2c3ccccc3c3c(Oc4ccc(C(=O)O)cc4)cccc32)ccc1OCc1nc(-c2ccccc2)oc1C. The van der Waals surface area contributed by atoms with Crippen LogP contribution in [-0.4, -0.2) is 27.7 Å². The van der Waals surface area contributed by atoms with Crippen LogP contribution < -0.4 is 14.2 Å². The van der Waals surface area contributed by atoms with E-state index in [0.717, 1.165) is 38.6 Å². The van der Waals surface area contributed by atoms with Gasteiger partial charge < -0.3 is 28.3 Å². The second-order valence-electron chi connectivity index (χ2n) is 10.8. The van der Waals surface area contributed by atoms with E-state index >= 15 is 0 Å². The molecule has 0 saturated heterocycles. The lowest BCUT2D eigenvalue weighted by Crippen LogP contribution is -2.02. The molecular weight excluding hydrogens is 580 g/mol. The van der Waals surface area contributed by atoms with Crippen LogP contribution in [0, 0.1) is 6.92 Å². The van der Waals surface area contributed by atoms with Crippen LogP contribution in [0.3, 0.4) is 0 Å². The monoisotopic (exact) mass is 610 g/mol. The number of carbonyl (C=O) groups is 1. The maximum absolute atomic E-state index is 11.3. The van der Waals surface area contributed by atoms with Gasteiger partial charge in [-0.1, -0.05) is 48.5 Å². The molecule has 0 aliphatic heterocycles. The summed E-state index contributed by atoms with van der Waals surface area (Å²) in [5.41, 5.74) is 4.95. The van der Waals surface area contributed by atoms with Crippen molar-refractivity contribution in [2.24, 2.45) is 0 Å². The van der Waals surface area contributed by atoms with Crippen molar-refractivity contribution in [3.8, 4) is 34.5 Å². The van der Waals surface area contributed by atoms with E-state index in [4.69, 9.17) is 18.6 Å². The zero-order chi connectivity index (χ0) is 31.6. The van der Waals surface area contributed by atoms with E-state index in [1.807, 2.05) is 79.7 Å². The van der Waals surface area contributed by atoms with Gasteiger partial charge in [-0.15, -0.1) is 0 Å². The molecule has 8 nitrogen and oxygen atoms in total. The van der Waals surface area contributed by atoms with Crippen molar-refractivity contribution >= 4 is 27.8 Å². The molecule has 7 rings (SSSR count). The predicted molar refractivity (Wildman–Crippen MR) is 176 cm³/mol. The molecule has 2 heterocycles. The van der Waals surface area contributed by atoms with E-state index in [2.05, 4.69) is 27.8 Å². The highest BCUT2D eigenvalue weighted by Gasteiger charge is 2.17. The van der Waals surface area contributed by atoms with Gasteiger partial charge in [0.2, 0.25) is 5.89 Å². The molecule has 0 fully saturated rings. The molecule has 228 valence electrons. The average molecular weight is 611 g/mol. The summed E-state index contributed by atoms with van der Waals surface area (Å²) in [6.07, 6.45) is 0. The maximum atomic E-state index is 11.3. The number of rotatable bonds is 10. The predicted octanol–water partition coefficient (Wildman–Crippen LogP) is 8.88. The summed E-state index contributed by atoms with van der Waals surface area (Å²) in [6, 6.07) is 36.3. The van der Waals surface area contributed by atoms with Gasteiger partial charge in [0.25, 0.3) is 0 Å². The topological polar surface area (TPSA) is 96.0 Å². The number of nitrogens with zero attached hydrogens (tertiary/aromatic N) is 2. The number of ether oxygens (including phenoxy) is 3. The van der Waals surface area contributed by atoms with Crippen molar-refractivity contribution in [2.45, 2.75) is 20.1 Å². The average Bonchev–Trinajstić information content (AvgIpc) is 3.62. The molecule has 0 bridgehead atoms. The van der Waals surface area contributed by atoms with Crippen molar-refractivity contribution in [1.82, 2.24) is 9.55 Å². The number of hydrogen-bond acceptors (Lipinski definition) is 6. The van der Waals surface area contributed by atoms with Crippen molar-refractivity contribution in [2.75, 3.05) is 7.11 Å². The first-order valence-corrected chi connectivity index (χ1v) is 14.8. The quantitative estimate of drug-likeness (QED) is 0.165. The molecule has 0 saturated carbocycles. The van der Waals surface area contributed by atoms with Gasteiger partial charge in [-0.25, -0.2) is 9.78 Å². The Morgan fingerprint density at radius 2 is 1.59 bits per heavy atom. The number of hydrogen-bond donors (Lipinski definition) is 1.